The molecule has 5 heteroatoms. The third-order valence-corrected chi connectivity index (χ3v) is 7.49. The second-order valence-corrected chi connectivity index (χ2v) is 9.16. The maximum absolute atomic E-state index is 11.6. The standard InChI is InChI=1S/C25H32N2O3/c1-19-4-2-3-5-20(19)17-24(27-14-12-26-13-15-27)8-10-25(28,11-9-24)21-6-7-22-23(16-21)30-18-29-22/h2-7,16,26,28H,8-15,17-18H2,1H3. The highest BCUT2D eigenvalue weighted by atomic mass is 16.7. The fraction of sp³-hybridized carbons (Fsp3) is 0.520. The summed E-state index contributed by atoms with van der Waals surface area (Å²) in [7, 11) is 0. The third-order valence-electron chi connectivity index (χ3n) is 7.49. The first-order valence-corrected chi connectivity index (χ1v) is 11.2. The highest BCUT2D eigenvalue weighted by molar-refractivity contribution is 5.46. The maximum Gasteiger partial charge on any atom is 0.231 e. The summed E-state index contributed by atoms with van der Waals surface area (Å²) in [5.74, 6) is 1.52. The molecule has 30 heavy (non-hydrogen) atoms. The minimum Gasteiger partial charge on any atom is -0.454 e. The zero-order valence-corrected chi connectivity index (χ0v) is 17.8. The maximum atomic E-state index is 11.6. The van der Waals surface area contributed by atoms with Crippen LogP contribution in [0.25, 0.3) is 0 Å². The van der Waals surface area contributed by atoms with Crippen LogP contribution in [0.5, 0.6) is 11.5 Å². The first kappa shape index (κ1) is 19.9. The number of rotatable bonds is 4. The summed E-state index contributed by atoms with van der Waals surface area (Å²) in [6.07, 6.45) is 4.57. The van der Waals surface area contributed by atoms with Crippen LogP contribution in [0.1, 0.15) is 42.4 Å². The molecule has 1 aliphatic carbocycles. The average Bonchev–Trinajstić information content (AvgIpc) is 3.26. The molecule has 1 saturated heterocycles. The number of benzene rings is 2. The summed E-state index contributed by atoms with van der Waals surface area (Å²) in [6, 6.07) is 14.7. The Bertz CT molecular complexity index is 899. The molecule has 1 saturated carbocycles. The molecule has 0 aromatic heterocycles. The fourth-order valence-electron chi connectivity index (χ4n) is 5.51. The van der Waals surface area contributed by atoms with Crippen LogP contribution in [0.15, 0.2) is 42.5 Å². The average molecular weight is 409 g/mol. The Morgan fingerprint density at radius 2 is 1.70 bits per heavy atom. The molecule has 2 aromatic rings. The van der Waals surface area contributed by atoms with E-state index >= 15 is 0 Å². The SMILES string of the molecule is Cc1ccccc1CC1(N2CCNCC2)CCC(O)(c2ccc3c(c2)OCO3)CC1. The molecule has 3 aliphatic rings. The zero-order valence-electron chi connectivity index (χ0n) is 17.8. The van der Waals surface area contributed by atoms with Gasteiger partial charge in [0.15, 0.2) is 11.5 Å². The quantitative estimate of drug-likeness (QED) is 0.812. The van der Waals surface area contributed by atoms with Gasteiger partial charge in [-0.1, -0.05) is 30.3 Å². The molecule has 0 spiro atoms. The van der Waals surface area contributed by atoms with Crippen molar-refractivity contribution < 1.29 is 14.6 Å². The van der Waals surface area contributed by atoms with Gasteiger partial charge in [0, 0.05) is 31.7 Å². The van der Waals surface area contributed by atoms with Gasteiger partial charge in [-0.2, -0.15) is 0 Å². The number of fused-ring (bicyclic) bond motifs is 1. The molecule has 0 bridgehead atoms. The normalized spacial score (nSPS) is 29.1. The van der Waals surface area contributed by atoms with Gasteiger partial charge in [0.2, 0.25) is 6.79 Å². The van der Waals surface area contributed by atoms with Crippen LogP contribution >= 0.6 is 0 Å². The molecular formula is C25H32N2O3. The highest BCUT2D eigenvalue weighted by Crippen LogP contribution is 2.47. The molecule has 2 aromatic carbocycles. The monoisotopic (exact) mass is 408 g/mol. The first-order chi connectivity index (χ1) is 14.6. The van der Waals surface area contributed by atoms with Crippen molar-refractivity contribution in [1.29, 1.82) is 0 Å². The Labute approximate surface area is 179 Å². The van der Waals surface area contributed by atoms with Crippen LogP contribution in [0.3, 0.4) is 0 Å². The predicted octanol–water partition coefficient (Wildman–Crippen LogP) is 3.37. The lowest BCUT2D eigenvalue weighted by Gasteiger charge is -2.52. The number of ether oxygens (including phenoxy) is 2. The molecule has 2 heterocycles. The summed E-state index contributed by atoms with van der Waals surface area (Å²) in [4.78, 5) is 2.69. The molecule has 0 amide bonds. The zero-order chi connectivity index (χ0) is 20.6. The Kier molecular flexibility index (Phi) is 5.21. The topological polar surface area (TPSA) is 54.0 Å². The molecule has 2 N–H and O–H groups in total. The second-order valence-electron chi connectivity index (χ2n) is 9.16. The van der Waals surface area contributed by atoms with Crippen molar-refractivity contribution in [2.24, 2.45) is 0 Å². The van der Waals surface area contributed by atoms with E-state index in [1.807, 2.05) is 18.2 Å². The number of aliphatic hydroxyl groups is 1. The summed E-state index contributed by atoms with van der Waals surface area (Å²) in [6.45, 7) is 6.72. The number of hydrogen-bond donors (Lipinski definition) is 2. The molecule has 2 fully saturated rings. The van der Waals surface area contributed by atoms with Gasteiger partial charge in [-0.05, 0) is 67.9 Å². The molecular weight excluding hydrogens is 376 g/mol. The lowest BCUT2D eigenvalue weighted by atomic mass is 9.68. The van der Waals surface area contributed by atoms with E-state index in [0.717, 1.165) is 75.3 Å². The summed E-state index contributed by atoms with van der Waals surface area (Å²) < 4.78 is 11.0. The van der Waals surface area contributed by atoms with Gasteiger partial charge in [0.1, 0.15) is 0 Å². The van der Waals surface area contributed by atoms with Gasteiger partial charge < -0.3 is 19.9 Å². The van der Waals surface area contributed by atoms with E-state index in [9.17, 15) is 5.11 Å². The summed E-state index contributed by atoms with van der Waals surface area (Å²) in [5, 5.41) is 15.1. The lowest BCUT2D eigenvalue weighted by Crippen LogP contribution is -2.59. The number of aryl methyl sites for hydroxylation is 1. The van der Waals surface area contributed by atoms with E-state index in [2.05, 4.69) is 41.4 Å². The van der Waals surface area contributed by atoms with E-state index < -0.39 is 5.60 Å². The first-order valence-electron chi connectivity index (χ1n) is 11.2. The van der Waals surface area contributed by atoms with Gasteiger partial charge in [-0.25, -0.2) is 0 Å². The van der Waals surface area contributed by atoms with Gasteiger partial charge >= 0.3 is 0 Å². The molecule has 0 atom stereocenters. The minimum atomic E-state index is -0.801. The molecule has 5 rings (SSSR count). The molecule has 2 aliphatic heterocycles. The number of nitrogens with zero attached hydrogens (tertiary/aromatic N) is 1. The summed E-state index contributed by atoms with van der Waals surface area (Å²) in [5.41, 5.74) is 3.06. The van der Waals surface area contributed by atoms with Crippen molar-refractivity contribution >= 4 is 0 Å². The Morgan fingerprint density at radius 1 is 0.967 bits per heavy atom. The molecule has 0 unspecified atom stereocenters. The van der Waals surface area contributed by atoms with Crippen molar-refractivity contribution in [3.63, 3.8) is 0 Å². The van der Waals surface area contributed by atoms with Gasteiger partial charge in [0.25, 0.3) is 0 Å². The Hall–Kier alpha value is -2.08. The van der Waals surface area contributed by atoms with Crippen LogP contribution in [0.2, 0.25) is 0 Å². The van der Waals surface area contributed by atoms with Crippen LogP contribution < -0.4 is 14.8 Å². The van der Waals surface area contributed by atoms with Crippen molar-refractivity contribution in [2.75, 3.05) is 33.0 Å². The van der Waals surface area contributed by atoms with Crippen LogP contribution in [0, 0.1) is 6.92 Å². The minimum absolute atomic E-state index is 0.108. The third kappa shape index (κ3) is 3.59. The number of piperazine rings is 1. The number of hydrogen-bond acceptors (Lipinski definition) is 5. The largest absolute Gasteiger partial charge is 0.454 e. The van der Waals surface area contributed by atoms with Crippen molar-refractivity contribution in [3.05, 3.63) is 59.2 Å². The number of nitrogens with one attached hydrogen (secondary N) is 1. The van der Waals surface area contributed by atoms with E-state index in [-0.39, 0.29) is 12.3 Å². The molecule has 0 radical (unpaired) electrons. The van der Waals surface area contributed by atoms with E-state index in [1.54, 1.807) is 0 Å². The lowest BCUT2D eigenvalue weighted by molar-refractivity contribution is -0.0628. The van der Waals surface area contributed by atoms with Gasteiger partial charge in [-0.15, -0.1) is 0 Å². The smallest absolute Gasteiger partial charge is 0.231 e. The van der Waals surface area contributed by atoms with E-state index in [1.165, 1.54) is 11.1 Å². The van der Waals surface area contributed by atoms with E-state index in [0.29, 0.717) is 0 Å². The Balaban J connectivity index is 1.40. The predicted molar refractivity (Wildman–Crippen MR) is 117 cm³/mol. The van der Waals surface area contributed by atoms with Gasteiger partial charge in [-0.3, -0.25) is 4.90 Å². The van der Waals surface area contributed by atoms with Gasteiger partial charge in [0.05, 0.1) is 5.60 Å². The second kappa shape index (κ2) is 7.88. The van der Waals surface area contributed by atoms with Crippen LogP contribution in [0.4, 0.5) is 0 Å². The Morgan fingerprint density at radius 3 is 2.47 bits per heavy atom. The molecule has 160 valence electrons. The van der Waals surface area contributed by atoms with Crippen LogP contribution in [-0.2, 0) is 12.0 Å². The van der Waals surface area contributed by atoms with Crippen molar-refractivity contribution in [2.45, 2.75) is 50.2 Å². The van der Waals surface area contributed by atoms with Crippen molar-refractivity contribution in [1.82, 2.24) is 10.2 Å². The fourth-order valence-corrected chi connectivity index (χ4v) is 5.51. The summed E-state index contributed by atoms with van der Waals surface area (Å²) >= 11 is 0. The molecule has 5 nitrogen and oxygen atoms in total. The van der Waals surface area contributed by atoms with Crippen molar-refractivity contribution in [3.8, 4) is 11.5 Å². The van der Waals surface area contributed by atoms with Crippen LogP contribution in [-0.4, -0.2) is 48.5 Å². The highest BCUT2D eigenvalue weighted by Gasteiger charge is 2.46. The van der Waals surface area contributed by atoms with E-state index in [4.69, 9.17) is 9.47 Å².